The van der Waals surface area contributed by atoms with Crippen LogP contribution in [0.25, 0.3) is 16.0 Å². The van der Waals surface area contributed by atoms with Crippen molar-refractivity contribution in [1.82, 2.24) is 10.6 Å². The van der Waals surface area contributed by atoms with E-state index in [1.54, 1.807) is 0 Å². The molecule has 0 spiro atoms. The first-order valence-corrected chi connectivity index (χ1v) is 7.02. The molecule has 2 saturated heterocycles. The second-order valence-corrected chi connectivity index (χ2v) is 5.62. The number of nitrogens with zero attached hydrogens (tertiary/aromatic N) is 3. The molecule has 2 heterocycles. The highest BCUT2D eigenvalue weighted by Gasteiger charge is 2.42. The Morgan fingerprint density at radius 3 is 2.74 bits per heavy atom. The van der Waals surface area contributed by atoms with E-state index in [1.807, 2.05) is 11.8 Å². The summed E-state index contributed by atoms with van der Waals surface area (Å²) in [7, 11) is 0. The van der Waals surface area contributed by atoms with Crippen molar-refractivity contribution < 1.29 is 14.7 Å². The first-order chi connectivity index (χ1) is 9.08. The molecule has 19 heavy (non-hydrogen) atoms. The van der Waals surface area contributed by atoms with Crippen molar-refractivity contribution in [3.05, 3.63) is 16.0 Å². The lowest BCUT2D eigenvalue weighted by atomic mass is 10.0. The fourth-order valence-electron chi connectivity index (χ4n) is 2.26. The van der Waals surface area contributed by atoms with Crippen molar-refractivity contribution in [2.24, 2.45) is 0 Å². The first kappa shape index (κ1) is 15.5. The zero-order chi connectivity index (χ0) is 14.3. The zero-order valence-corrected chi connectivity index (χ0v) is 11.1. The lowest BCUT2D eigenvalue weighted by molar-refractivity contribution is -0.137. The van der Waals surface area contributed by atoms with Gasteiger partial charge >= 0.3 is 12.0 Å². The maximum Gasteiger partial charge on any atom is 0.315 e. The Balaban J connectivity index is 0.000000550. The van der Waals surface area contributed by atoms with Gasteiger partial charge in [0, 0.05) is 17.4 Å². The maximum atomic E-state index is 11.1. The Hall–Kier alpha value is -1.60. The standard InChI is InChI=1S/C10H16N2O3S.N3/c13-8(14)4-2-1-3-7-9-6(5-16-7)11-10(15)12-9;1-3-2/h6-7,9H,1-5H2,(H,13,14)(H2,11,12,15);/q;-1/t6-,7-,9-;/m0./s1. The topological polar surface area (TPSA) is 137 Å². The van der Waals surface area contributed by atoms with Gasteiger partial charge in [-0.1, -0.05) is 6.42 Å². The summed E-state index contributed by atoms with van der Waals surface area (Å²) in [5, 5.41) is 14.8. The lowest BCUT2D eigenvalue weighted by Crippen LogP contribution is -2.36. The van der Waals surface area contributed by atoms with Crippen LogP contribution in [-0.2, 0) is 4.79 Å². The lowest BCUT2D eigenvalue weighted by Gasteiger charge is -2.16. The van der Waals surface area contributed by atoms with Crippen molar-refractivity contribution in [3.63, 3.8) is 0 Å². The average Bonchev–Trinajstić information content (AvgIpc) is 2.85. The number of carbonyl (C=O) groups excluding carboxylic acids is 1. The number of thioether (sulfide) groups is 1. The van der Waals surface area contributed by atoms with Gasteiger partial charge in [0.25, 0.3) is 0 Å². The van der Waals surface area contributed by atoms with Crippen molar-refractivity contribution in [3.8, 4) is 0 Å². The summed E-state index contributed by atoms with van der Waals surface area (Å²) in [5.41, 5.74) is 13.5. The Morgan fingerprint density at radius 2 is 2.11 bits per heavy atom. The van der Waals surface area contributed by atoms with Gasteiger partial charge in [0.05, 0.1) is 12.1 Å². The van der Waals surface area contributed by atoms with Crippen LogP contribution in [0.3, 0.4) is 0 Å². The second-order valence-electron chi connectivity index (χ2n) is 4.35. The minimum atomic E-state index is -0.729. The summed E-state index contributed by atoms with van der Waals surface area (Å²) in [4.78, 5) is 23.0. The van der Waals surface area contributed by atoms with Crippen LogP contribution in [0.4, 0.5) is 4.79 Å². The van der Waals surface area contributed by atoms with E-state index >= 15 is 0 Å². The highest BCUT2D eigenvalue weighted by Crippen LogP contribution is 2.33. The number of aliphatic carboxylic acids is 1. The van der Waals surface area contributed by atoms with E-state index in [9.17, 15) is 9.59 Å². The molecular weight excluding hydrogens is 270 g/mol. The molecule has 0 unspecified atom stereocenters. The molecule has 0 aliphatic carbocycles. The van der Waals surface area contributed by atoms with Crippen LogP contribution in [-0.4, -0.2) is 40.2 Å². The average molecular weight is 286 g/mol. The van der Waals surface area contributed by atoms with E-state index in [0.717, 1.165) is 25.0 Å². The van der Waals surface area contributed by atoms with Crippen molar-refractivity contribution in [1.29, 1.82) is 0 Å². The van der Waals surface area contributed by atoms with E-state index in [4.69, 9.17) is 16.2 Å². The molecule has 106 valence electrons. The Labute approximate surface area is 114 Å². The van der Waals surface area contributed by atoms with Gasteiger partial charge in [-0.2, -0.15) is 11.8 Å². The molecule has 9 heteroatoms. The summed E-state index contributed by atoms with van der Waals surface area (Å²) in [6.45, 7) is 0. The van der Waals surface area contributed by atoms with Gasteiger partial charge in [-0.05, 0) is 12.8 Å². The molecule has 2 aliphatic heterocycles. The number of urea groups is 1. The summed E-state index contributed by atoms with van der Waals surface area (Å²) in [6, 6.07) is 0.440. The van der Waals surface area contributed by atoms with Crippen LogP contribution >= 0.6 is 11.8 Å². The number of fused-ring (bicyclic) bond motifs is 1. The highest BCUT2D eigenvalue weighted by atomic mass is 32.2. The van der Waals surface area contributed by atoms with Gasteiger partial charge < -0.3 is 26.8 Å². The molecule has 0 radical (unpaired) electrons. The van der Waals surface area contributed by atoms with E-state index in [-0.39, 0.29) is 24.5 Å². The van der Waals surface area contributed by atoms with Crippen LogP contribution in [0.15, 0.2) is 0 Å². The molecule has 8 nitrogen and oxygen atoms in total. The van der Waals surface area contributed by atoms with Crippen LogP contribution in [0.2, 0.25) is 0 Å². The number of carboxylic acid groups (broad SMARTS) is 1. The van der Waals surface area contributed by atoms with Gasteiger partial charge in [0.15, 0.2) is 0 Å². The van der Waals surface area contributed by atoms with E-state index in [1.165, 1.54) is 4.91 Å². The van der Waals surface area contributed by atoms with Crippen LogP contribution in [0, 0.1) is 0 Å². The quantitative estimate of drug-likeness (QED) is 0.232. The van der Waals surface area contributed by atoms with E-state index < -0.39 is 5.97 Å². The SMILES string of the molecule is O=C(O)CCCC[C@@H]1SC[C@@H]2NC(=O)N[C@@H]21.[N-]=[N+]=[N-]. The molecule has 3 N–H and O–H groups in total. The normalized spacial score (nSPS) is 27.4. The molecule has 0 aromatic carbocycles. The summed E-state index contributed by atoms with van der Waals surface area (Å²) in [5.74, 6) is 0.236. The van der Waals surface area contributed by atoms with Crippen molar-refractivity contribution in [2.45, 2.75) is 43.0 Å². The molecule has 0 bridgehead atoms. The molecule has 2 aliphatic rings. The fourth-order valence-corrected chi connectivity index (χ4v) is 3.81. The monoisotopic (exact) mass is 286 g/mol. The molecule has 2 fully saturated rings. The van der Waals surface area contributed by atoms with Gasteiger partial charge in [-0.25, -0.2) is 4.79 Å². The third-order valence-corrected chi connectivity index (χ3v) is 4.58. The van der Waals surface area contributed by atoms with Gasteiger partial charge in [-0.3, -0.25) is 9.71 Å². The number of carbonyl (C=O) groups is 2. The Kier molecular flexibility index (Phi) is 6.31. The van der Waals surface area contributed by atoms with Crippen LogP contribution in [0.5, 0.6) is 0 Å². The zero-order valence-electron chi connectivity index (χ0n) is 10.3. The number of hydrogen-bond acceptors (Lipinski definition) is 3. The number of unbranched alkanes of at least 4 members (excludes halogenated alkanes) is 1. The third kappa shape index (κ3) is 4.88. The summed E-state index contributed by atoms with van der Waals surface area (Å²) >= 11 is 1.87. The molecule has 0 aromatic heterocycles. The van der Waals surface area contributed by atoms with Gasteiger partial charge in [0.1, 0.15) is 0 Å². The molecular formula is C10H16N5O3S-. The number of amides is 2. The maximum absolute atomic E-state index is 11.1. The number of hydrogen-bond donors (Lipinski definition) is 3. The predicted molar refractivity (Wildman–Crippen MR) is 71.7 cm³/mol. The fraction of sp³-hybridized carbons (Fsp3) is 0.800. The largest absolute Gasteiger partial charge is 0.481 e. The smallest absolute Gasteiger partial charge is 0.315 e. The molecule has 2 rings (SSSR count). The highest BCUT2D eigenvalue weighted by molar-refractivity contribution is 8.00. The Morgan fingerprint density at radius 1 is 1.42 bits per heavy atom. The van der Waals surface area contributed by atoms with E-state index in [0.29, 0.717) is 5.25 Å². The number of carboxylic acids is 1. The number of nitrogens with one attached hydrogen (secondary N) is 2. The molecule has 2 amide bonds. The van der Waals surface area contributed by atoms with Gasteiger partial charge in [0.2, 0.25) is 0 Å². The predicted octanol–water partition coefficient (Wildman–Crippen LogP) is 1.66. The molecule has 0 saturated carbocycles. The van der Waals surface area contributed by atoms with E-state index in [2.05, 4.69) is 10.6 Å². The second kappa shape index (κ2) is 7.75. The summed E-state index contributed by atoms with van der Waals surface area (Å²) in [6.07, 6.45) is 2.88. The van der Waals surface area contributed by atoms with Crippen LogP contribution < -0.4 is 10.6 Å². The van der Waals surface area contributed by atoms with Crippen LogP contribution in [0.1, 0.15) is 25.7 Å². The first-order valence-electron chi connectivity index (χ1n) is 5.97. The Bertz CT molecular complexity index is 372. The number of rotatable bonds is 5. The molecule has 3 atom stereocenters. The minimum absolute atomic E-state index is 0.0640. The van der Waals surface area contributed by atoms with Gasteiger partial charge in [-0.15, -0.1) is 0 Å². The third-order valence-electron chi connectivity index (χ3n) is 3.07. The molecule has 0 aromatic rings. The minimum Gasteiger partial charge on any atom is -0.481 e. The summed E-state index contributed by atoms with van der Waals surface area (Å²) < 4.78 is 0. The van der Waals surface area contributed by atoms with Crippen molar-refractivity contribution in [2.75, 3.05) is 5.75 Å². The van der Waals surface area contributed by atoms with Crippen molar-refractivity contribution >= 4 is 23.8 Å².